The summed E-state index contributed by atoms with van der Waals surface area (Å²) in [7, 11) is 0. The van der Waals surface area contributed by atoms with Crippen LogP contribution in [-0.2, 0) is 4.79 Å². The number of carbonyl (C=O) groups excluding carboxylic acids is 1. The number of aromatic nitrogens is 1. The molecule has 8 heteroatoms. The Morgan fingerprint density at radius 3 is 2.92 bits per heavy atom. The minimum Gasteiger partial charge on any atom is -0.462 e. The molecule has 1 amide bonds. The number of likely N-dealkylation sites (tertiary alicyclic amines) is 1. The second-order valence-electron chi connectivity index (χ2n) is 5.85. The number of nitrogens with one attached hydrogen (secondary N) is 1. The molecule has 8 nitrogen and oxygen atoms in total. The van der Waals surface area contributed by atoms with Crippen molar-refractivity contribution in [2.45, 2.75) is 19.4 Å². The predicted octanol–water partition coefficient (Wildman–Crippen LogP) is 2.62. The minimum absolute atomic E-state index is 0.0490. The van der Waals surface area contributed by atoms with Gasteiger partial charge in [-0.3, -0.25) is 14.9 Å². The molecule has 1 saturated heterocycles. The molecule has 3 rings (SSSR count). The van der Waals surface area contributed by atoms with E-state index in [0.29, 0.717) is 24.7 Å². The van der Waals surface area contributed by atoms with Crippen LogP contribution in [0, 0.1) is 17.0 Å². The van der Waals surface area contributed by atoms with Gasteiger partial charge in [0.2, 0.25) is 5.91 Å². The topological polar surface area (TPSA) is 102 Å². The van der Waals surface area contributed by atoms with Gasteiger partial charge < -0.3 is 14.6 Å². The van der Waals surface area contributed by atoms with E-state index in [2.05, 4.69) is 10.3 Å². The molecule has 1 atom stereocenters. The third-order valence-corrected chi connectivity index (χ3v) is 3.96. The predicted molar refractivity (Wildman–Crippen MR) is 92.0 cm³/mol. The molecule has 130 valence electrons. The molecule has 0 radical (unpaired) electrons. The Morgan fingerprint density at radius 1 is 1.44 bits per heavy atom. The summed E-state index contributed by atoms with van der Waals surface area (Å²) in [5.41, 5.74) is -0.0490. The molecule has 0 spiro atoms. The number of hydrogen-bond donors (Lipinski definition) is 1. The van der Waals surface area contributed by atoms with Gasteiger partial charge in [0.05, 0.1) is 4.92 Å². The van der Waals surface area contributed by atoms with Gasteiger partial charge in [-0.1, -0.05) is 0 Å². The van der Waals surface area contributed by atoms with Crippen molar-refractivity contribution in [1.82, 2.24) is 9.88 Å². The Labute approximate surface area is 144 Å². The van der Waals surface area contributed by atoms with Gasteiger partial charge in [0.25, 0.3) is 5.69 Å². The highest BCUT2D eigenvalue weighted by molar-refractivity contribution is 5.91. The van der Waals surface area contributed by atoms with Gasteiger partial charge in [0.1, 0.15) is 23.5 Å². The lowest BCUT2D eigenvalue weighted by Gasteiger charge is -2.15. The number of nitro groups is 1. The average Bonchev–Trinajstić information content (AvgIpc) is 3.22. The van der Waals surface area contributed by atoms with E-state index >= 15 is 0 Å². The van der Waals surface area contributed by atoms with E-state index in [1.165, 1.54) is 18.3 Å². The molecular formula is C17H18N4O4. The quantitative estimate of drug-likeness (QED) is 0.509. The summed E-state index contributed by atoms with van der Waals surface area (Å²) >= 11 is 0. The summed E-state index contributed by atoms with van der Waals surface area (Å²) in [5, 5.41) is 13.8. The van der Waals surface area contributed by atoms with Crippen LogP contribution in [0.3, 0.4) is 0 Å². The van der Waals surface area contributed by atoms with E-state index in [0.717, 1.165) is 12.2 Å². The normalized spacial score (nSPS) is 17.2. The van der Waals surface area contributed by atoms with Gasteiger partial charge in [-0.05, 0) is 37.6 Å². The average molecular weight is 342 g/mol. The highest BCUT2D eigenvalue weighted by atomic mass is 16.6. The fraction of sp³-hybridized carbons (Fsp3) is 0.294. The van der Waals surface area contributed by atoms with Gasteiger partial charge >= 0.3 is 0 Å². The van der Waals surface area contributed by atoms with Crippen LogP contribution >= 0.6 is 0 Å². The van der Waals surface area contributed by atoms with Crippen molar-refractivity contribution in [3.05, 3.63) is 58.2 Å². The largest absolute Gasteiger partial charge is 0.462 e. The molecule has 0 aliphatic carbocycles. The number of furan rings is 1. The highest BCUT2D eigenvalue weighted by Crippen LogP contribution is 2.17. The van der Waals surface area contributed by atoms with Gasteiger partial charge in [-0.15, -0.1) is 0 Å². The molecule has 0 aromatic carbocycles. The fourth-order valence-electron chi connectivity index (χ4n) is 2.67. The zero-order valence-corrected chi connectivity index (χ0v) is 13.7. The monoisotopic (exact) mass is 342 g/mol. The van der Waals surface area contributed by atoms with Crippen LogP contribution in [0.2, 0.25) is 0 Å². The summed E-state index contributed by atoms with van der Waals surface area (Å²) in [6.45, 7) is 3.05. The molecule has 0 saturated carbocycles. The van der Waals surface area contributed by atoms with Crippen molar-refractivity contribution in [2.24, 2.45) is 0 Å². The molecule has 1 N–H and O–H groups in total. The van der Waals surface area contributed by atoms with Crippen LogP contribution in [-0.4, -0.2) is 39.8 Å². The first kappa shape index (κ1) is 16.7. The van der Waals surface area contributed by atoms with Crippen LogP contribution in [0.15, 0.2) is 41.0 Å². The first-order valence-electron chi connectivity index (χ1n) is 7.91. The molecule has 1 aliphatic heterocycles. The third kappa shape index (κ3) is 4.23. The van der Waals surface area contributed by atoms with Gasteiger partial charge in [-0.25, -0.2) is 4.98 Å². The Balaban J connectivity index is 1.53. The Kier molecular flexibility index (Phi) is 4.78. The molecule has 2 aromatic heterocycles. The molecule has 1 unspecified atom stereocenters. The zero-order valence-electron chi connectivity index (χ0n) is 13.7. The summed E-state index contributed by atoms with van der Waals surface area (Å²) in [5.74, 6) is 1.93. The smallest absolute Gasteiger partial charge is 0.287 e. The molecule has 1 aliphatic rings. The number of hydrogen-bond acceptors (Lipinski definition) is 6. The van der Waals surface area contributed by atoms with Crippen LogP contribution < -0.4 is 5.32 Å². The maximum Gasteiger partial charge on any atom is 0.287 e. The summed E-state index contributed by atoms with van der Waals surface area (Å²) in [6.07, 6.45) is 5.17. The van der Waals surface area contributed by atoms with Crippen LogP contribution in [0.4, 0.5) is 11.5 Å². The lowest BCUT2D eigenvalue weighted by atomic mass is 10.2. The molecule has 25 heavy (non-hydrogen) atoms. The lowest BCUT2D eigenvalue weighted by Crippen LogP contribution is -2.30. The van der Waals surface area contributed by atoms with Crippen molar-refractivity contribution in [2.75, 3.05) is 18.4 Å². The van der Waals surface area contributed by atoms with Crippen molar-refractivity contribution >= 4 is 23.5 Å². The summed E-state index contributed by atoms with van der Waals surface area (Å²) < 4.78 is 5.40. The Morgan fingerprint density at radius 2 is 2.28 bits per heavy atom. The zero-order chi connectivity index (χ0) is 17.8. The minimum atomic E-state index is -0.487. The van der Waals surface area contributed by atoms with E-state index in [9.17, 15) is 14.9 Å². The Hall–Kier alpha value is -3.16. The van der Waals surface area contributed by atoms with Crippen molar-refractivity contribution in [3.63, 3.8) is 0 Å². The fourth-order valence-corrected chi connectivity index (χ4v) is 2.67. The van der Waals surface area contributed by atoms with E-state index < -0.39 is 4.92 Å². The summed E-state index contributed by atoms with van der Waals surface area (Å²) in [4.78, 5) is 28.1. The van der Waals surface area contributed by atoms with E-state index in [-0.39, 0.29) is 17.6 Å². The molecular weight excluding hydrogens is 324 g/mol. The maximum absolute atomic E-state index is 12.2. The maximum atomic E-state index is 12.2. The number of anilines is 1. The number of nitrogens with zero attached hydrogens (tertiary/aromatic N) is 3. The molecule has 2 aromatic rings. The van der Waals surface area contributed by atoms with Crippen molar-refractivity contribution in [1.29, 1.82) is 0 Å². The van der Waals surface area contributed by atoms with Crippen LogP contribution in [0.1, 0.15) is 17.9 Å². The molecule has 0 bridgehead atoms. The van der Waals surface area contributed by atoms with Crippen LogP contribution in [0.5, 0.6) is 0 Å². The van der Waals surface area contributed by atoms with Gasteiger partial charge in [-0.2, -0.15) is 0 Å². The first-order valence-corrected chi connectivity index (χ1v) is 7.91. The molecule has 1 fully saturated rings. The van der Waals surface area contributed by atoms with Gasteiger partial charge in [0, 0.05) is 31.3 Å². The standard InChI is InChI=1S/C17H18N4O4/c1-12-2-4-15(25-12)5-7-17(22)20-9-8-13(11-20)19-16-6-3-14(10-18-16)21(23)24/h2-7,10,13H,8-9,11H2,1H3,(H,18,19)/b7-5+. The molecule has 3 heterocycles. The second kappa shape index (κ2) is 7.16. The van der Waals surface area contributed by atoms with E-state index in [1.807, 2.05) is 19.1 Å². The van der Waals surface area contributed by atoms with Crippen molar-refractivity contribution < 1.29 is 14.1 Å². The number of aryl methyl sites for hydroxylation is 1. The highest BCUT2D eigenvalue weighted by Gasteiger charge is 2.25. The van der Waals surface area contributed by atoms with Crippen molar-refractivity contribution in [3.8, 4) is 0 Å². The SMILES string of the molecule is Cc1ccc(/C=C/C(=O)N2CCC(Nc3ccc([N+](=O)[O-])cn3)C2)o1. The van der Waals surface area contributed by atoms with Crippen LogP contribution in [0.25, 0.3) is 6.08 Å². The lowest BCUT2D eigenvalue weighted by molar-refractivity contribution is -0.385. The van der Waals surface area contributed by atoms with E-state index in [4.69, 9.17) is 4.42 Å². The summed E-state index contributed by atoms with van der Waals surface area (Å²) in [6, 6.07) is 6.70. The number of rotatable bonds is 5. The third-order valence-electron chi connectivity index (χ3n) is 3.96. The Bertz CT molecular complexity index is 797. The second-order valence-corrected chi connectivity index (χ2v) is 5.85. The first-order chi connectivity index (χ1) is 12.0. The van der Waals surface area contributed by atoms with E-state index in [1.54, 1.807) is 17.0 Å². The number of pyridine rings is 1. The van der Waals surface area contributed by atoms with Gasteiger partial charge in [0.15, 0.2) is 0 Å². The number of carbonyl (C=O) groups is 1. The number of amides is 1.